The molecule has 0 unspecified atom stereocenters. The molecule has 0 spiro atoms. The van der Waals surface area contributed by atoms with Gasteiger partial charge >= 0.3 is 12.3 Å². The summed E-state index contributed by atoms with van der Waals surface area (Å²) in [7, 11) is 0. The molecule has 1 aromatic carbocycles. The van der Waals surface area contributed by atoms with Crippen LogP contribution < -0.4 is 10.1 Å². The van der Waals surface area contributed by atoms with Gasteiger partial charge in [-0.3, -0.25) is 4.79 Å². The van der Waals surface area contributed by atoms with Gasteiger partial charge in [0.25, 0.3) is 5.78 Å². The first-order chi connectivity index (χ1) is 10.9. The molecule has 2 rings (SSSR count). The number of rotatable bonds is 2. The van der Waals surface area contributed by atoms with Crippen molar-refractivity contribution in [2.24, 2.45) is 0 Å². The highest BCUT2D eigenvalue weighted by Crippen LogP contribution is 2.43. The number of fused-ring (bicyclic) bond motifs is 1. The first-order valence-electron chi connectivity index (χ1n) is 6.77. The van der Waals surface area contributed by atoms with E-state index < -0.39 is 23.7 Å². The molecule has 0 radical (unpaired) electrons. The summed E-state index contributed by atoms with van der Waals surface area (Å²) in [4.78, 5) is 23.1. The Morgan fingerprint density at radius 1 is 1.21 bits per heavy atom. The van der Waals surface area contributed by atoms with Gasteiger partial charge in [0.1, 0.15) is 11.4 Å². The van der Waals surface area contributed by atoms with Crippen LogP contribution in [-0.2, 0) is 9.53 Å². The molecule has 130 valence electrons. The number of benzene rings is 1. The average molecular weight is 361 g/mol. The lowest BCUT2D eigenvalue weighted by molar-refractivity contribution is -0.165. The minimum Gasteiger partial charge on any atom is -0.428 e. The number of carbonyl (C=O) groups is 2. The van der Waals surface area contributed by atoms with Crippen LogP contribution in [0.3, 0.4) is 0 Å². The fourth-order valence-corrected chi connectivity index (χ4v) is 2.63. The largest absolute Gasteiger partial charge is 0.514 e. The van der Waals surface area contributed by atoms with Gasteiger partial charge in [0.05, 0.1) is 10.7 Å². The Hall–Kier alpha value is -2.16. The van der Waals surface area contributed by atoms with Gasteiger partial charge in [-0.2, -0.15) is 13.2 Å². The van der Waals surface area contributed by atoms with Gasteiger partial charge in [0.15, 0.2) is 0 Å². The SMILES string of the molecule is CC(C)(C)OC(=O)Oc1ccc2c(c1)S/C(=C/C(=O)C(F)(F)F)N2. The monoisotopic (exact) mass is 361 g/mol. The molecule has 0 bridgehead atoms. The van der Waals surface area contributed by atoms with E-state index in [1.807, 2.05) is 0 Å². The third kappa shape index (κ3) is 4.92. The van der Waals surface area contributed by atoms with Crippen molar-refractivity contribution < 1.29 is 32.2 Å². The topological polar surface area (TPSA) is 64.6 Å². The number of halogens is 3. The standard InChI is InChI=1S/C15H14F3NO4S/c1-14(2,3)23-13(21)22-8-4-5-9-10(6-8)24-12(19-9)7-11(20)15(16,17)18/h4-7,19H,1-3H3/b12-7+. The summed E-state index contributed by atoms with van der Waals surface area (Å²) in [5.74, 6) is -1.77. The number of thioether (sulfide) groups is 1. The molecular weight excluding hydrogens is 347 g/mol. The van der Waals surface area contributed by atoms with Crippen molar-refractivity contribution in [3.8, 4) is 5.75 Å². The lowest BCUT2D eigenvalue weighted by Crippen LogP contribution is -2.25. The summed E-state index contributed by atoms with van der Waals surface area (Å²) in [6.07, 6.45) is -5.32. The van der Waals surface area contributed by atoms with Gasteiger partial charge in [0, 0.05) is 11.0 Å². The number of ether oxygens (including phenoxy) is 2. The van der Waals surface area contributed by atoms with Gasteiger partial charge in [-0.25, -0.2) is 4.79 Å². The first-order valence-corrected chi connectivity index (χ1v) is 7.58. The van der Waals surface area contributed by atoms with E-state index in [9.17, 15) is 22.8 Å². The summed E-state index contributed by atoms with van der Waals surface area (Å²) < 4.78 is 46.8. The smallest absolute Gasteiger partial charge is 0.428 e. The van der Waals surface area contributed by atoms with E-state index >= 15 is 0 Å². The van der Waals surface area contributed by atoms with Gasteiger partial charge in [-0.1, -0.05) is 11.8 Å². The zero-order chi connectivity index (χ0) is 18.1. The molecule has 5 nitrogen and oxygen atoms in total. The molecule has 1 aromatic rings. The normalized spacial score (nSPS) is 15.7. The van der Waals surface area contributed by atoms with Gasteiger partial charge in [-0.05, 0) is 39.0 Å². The number of hydrogen-bond donors (Lipinski definition) is 1. The third-order valence-corrected chi connectivity index (χ3v) is 3.56. The summed E-state index contributed by atoms with van der Waals surface area (Å²) in [5.41, 5.74) is -0.199. The van der Waals surface area contributed by atoms with E-state index in [4.69, 9.17) is 9.47 Å². The van der Waals surface area contributed by atoms with Gasteiger partial charge < -0.3 is 14.8 Å². The van der Waals surface area contributed by atoms with E-state index in [2.05, 4.69) is 5.32 Å². The zero-order valence-corrected chi connectivity index (χ0v) is 13.8. The molecule has 1 heterocycles. The van der Waals surface area contributed by atoms with Crippen molar-refractivity contribution in [3.63, 3.8) is 0 Å². The quantitative estimate of drug-likeness (QED) is 0.476. The van der Waals surface area contributed by atoms with Crippen LogP contribution >= 0.6 is 11.8 Å². The zero-order valence-electron chi connectivity index (χ0n) is 13.0. The Bertz CT molecular complexity index is 708. The van der Waals surface area contributed by atoms with Crippen molar-refractivity contribution >= 4 is 29.4 Å². The lowest BCUT2D eigenvalue weighted by atomic mass is 10.2. The number of alkyl halides is 3. The predicted octanol–water partition coefficient (Wildman–Crippen LogP) is 4.49. The maximum absolute atomic E-state index is 12.3. The Kier molecular flexibility index (Phi) is 4.84. The Morgan fingerprint density at radius 2 is 1.88 bits per heavy atom. The molecule has 1 aliphatic rings. The molecule has 0 atom stereocenters. The van der Waals surface area contributed by atoms with Crippen LogP contribution in [-0.4, -0.2) is 23.7 Å². The molecular formula is C15H14F3NO4S. The number of ketones is 1. The van der Waals surface area contributed by atoms with Crippen LogP contribution in [0.5, 0.6) is 5.75 Å². The number of hydrogen-bond acceptors (Lipinski definition) is 6. The molecule has 0 saturated heterocycles. The molecule has 1 N–H and O–H groups in total. The van der Waals surface area contributed by atoms with Crippen molar-refractivity contribution in [2.75, 3.05) is 5.32 Å². The number of carbonyl (C=O) groups excluding carboxylic acids is 2. The van der Waals surface area contributed by atoms with Crippen LogP contribution in [0.1, 0.15) is 20.8 Å². The van der Waals surface area contributed by atoms with Crippen LogP contribution in [0.4, 0.5) is 23.7 Å². The van der Waals surface area contributed by atoms with Gasteiger partial charge in [-0.15, -0.1) is 0 Å². The second kappa shape index (κ2) is 6.39. The molecule has 0 fully saturated rings. The second-order valence-corrected chi connectivity index (χ2v) is 6.91. The molecule has 0 amide bonds. The molecule has 24 heavy (non-hydrogen) atoms. The van der Waals surface area contributed by atoms with Crippen LogP contribution in [0.25, 0.3) is 0 Å². The second-order valence-electron chi connectivity index (χ2n) is 5.82. The van der Waals surface area contributed by atoms with Crippen LogP contribution in [0.2, 0.25) is 0 Å². The highest BCUT2D eigenvalue weighted by Gasteiger charge is 2.37. The molecule has 0 saturated carbocycles. The molecule has 1 aliphatic heterocycles. The lowest BCUT2D eigenvalue weighted by Gasteiger charge is -2.18. The minimum atomic E-state index is -4.92. The summed E-state index contributed by atoms with van der Waals surface area (Å²) in [6.45, 7) is 5.06. The molecule has 0 aliphatic carbocycles. The van der Waals surface area contributed by atoms with Crippen LogP contribution in [0.15, 0.2) is 34.2 Å². The maximum atomic E-state index is 12.3. The first kappa shape index (κ1) is 18.2. The van der Waals surface area contributed by atoms with Crippen molar-refractivity contribution in [1.29, 1.82) is 0 Å². The van der Waals surface area contributed by atoms with E-state index in [0.29, 0.717) is 16.7 Å². The maximum Gasteiger partial charge on any atom is 0.514 e. The van der Waals surface area contributed by atoms with E-state index in [-0.39, 0.29) is 10.8 Å². The average Bonchev–Trinajstić information content (AvgIpc) is 2.76. The van der Waals surface area contributed by atoms with E-state index in [1.54, 1.807) is 20.8 Å². The minimum absolute atomic E-state index is 0.0433. The Balaban J connectivity index is 2.08. The number of allylic oxidation sites excluding steroid dienone is 1. The number of nitrogens with one attached hydrogen (secondary N) is 1. The van der Waals surface area contributed by atoms with E-state index in [0.717, 1.165) is 11.8 Å². The summed E-state index contributed by atoms with van der Waals surface area (Å²) >= 11 is 0.932. The fraction of sp³-hybridized carbons (Fsp3) is 0.333. The van der Waals surface area contributed by atoms with Gasteiger partial charge in [0.2, 0.25) is 0 Å². The van der Waals surface area contributed by atoms with Crippen molar-refractivity contribution in [3.05, 3.63) is 29.3 Å². The summed E-state index contributed by atoms with van der Waals surface area (Å²) in [5, 5.41) is 2.73. The molecule has 0 aromatic heterocycles. The van der Waals surface area contributed by atoms with E-state index in [1.165, 1.54) is 18.2 Å². The van der Waals surface area contributed by atoms with Crippen molar-refractivity contribution in [1.82, 2.24) is 0 Å². The Morgan fingerprint density at radius 3 is 2.46 bits per heavy atom. The van der Waals surface area contributed by atoms with Crippen molar-refractivity contribution in [2.45, 2.75) is 37.4 Å². The van der Waals surface area contributed by atoms with Crippen LogP contribution in [0, 0.1) is 0 Å². The number of anilines is 1. The highest BCUT2D eigenvalue weighted by atomic mass is 32.2. The fourth-order valence-electron chi connectivity index (χ4n) is 1.66. The predicted molar refractivity (Wildman–Crippen MR) is 81.9 cm³/mol. The molecule has 9 heteroatoms. The Labute approximate surface area is 140 Å². The third-order valence-electron chi connectivity index (χ3n) is 2.56. The highest BCUT2D eigenvalue weighted by molar-refractivity contribution is 8.03. The summed E-state index contributed by atoms with van der Waals surface area (Å²) in [6, 6.07) is 4.46.